The Kier molecular flexibility index (Phi) is 3.00. The standard InChI is InChI=1S/C10H19N5/c1-7(8(2)11-9-4-5-9)6-10-12-14-15(3)13-10/h7-9,11H,4-6H2,1-3H3. The third-order valence-corrected chi connectivity index (χ3v) is 2.98. The number of nitrogens with one attached hydrogen (secondary N) is 1. The zero-order valence-corrected chi connectivity index (χ0v) is 9.64. The monoisotopic (exact) mass is 209 g/mol. The van der Waals surface area contributed by atoms with E-state index in [2.05, 4.69) is 34.6 Å². The lowest BCUT2D eigenvalue weighted by Crippen LogP contribution is -2.34. The summed E-state index contributed by atoms with van der Waals surface area (Å²) in [6.07, 6.45) is 3.57. The van der Waals surface area contributed by atoms with Gasteiger partial charge in [-0.25, -0.2) is 0 Å². The zero-order valence-electron chi connectivity index (χ0n) is 9.64. The second-order valence-electron chi connectivity index (χ2n) is 4.61. The van der Waals surface area contributed by atoms with Crippen molar-refractivity contribution in [2.24, 2.45) is 13.0 Å². The Morgan fingerprint density at radius 2 is 2.20 bits per heavy atom. The molecule has 0 aliphatic heterocycles. The molecule has 2 unspecified atom stereocenters. The molecular formula is C10H19N5. The molecule has 1 aliphatic carbocycles. The normalized spacial score (nSPS) is 20.2. The van der Waals surface area contributed by atoms with Crippen LogP contribution in [-0.4, -0.2) is 32.3 Å². The molecule has 1 fully saturated rings. The van der Waals surface area contributed by atoms with Crippen LogP contribution in [0.2, 0.25) is 0 Å². The van der Waals surface area contributed by atoms with E-state index in [4.69, 9.17) is 0 Å². The smallest absolute Gasteiger partial charge is 0.175 e. The Morgan fingerprint density at radius 1 is 1.47 bits per heavy atom. The number of rotatable bonds is 5. The van der Waals surface area contributed by atoms with Crippen LogP contribution in [0.15, 0.2) is 0 Å². The van der Waals surface area contributed by atoms with Gasteiger partial charge in [0.15, 0.2) is 5.82 Å². The number of aryl methyl sites for hydroxylation is 1. The van der Waals surface area contributed by atoms with Crippen molar-refractivity contribution in [2.75, 3.05) is 0 Å². The minimum Gasteiger partial charge on any atom is -0.311 e. The predicted molar refractivity (Wildman–Crippen MR) is 57.3 cm³/mol. The van der Waals surface area contributed by atoms with E-state index in [1.807, 2.05) is 0 Å². The molecule has 84 valence electrons. The minimum atomic E-state index is 0.529. The molecule has 0 saturated heterocycles. The molecule has 0 spiro atoms. The van der Waals surface area contributed by atoms with Crippen LogP contribution in [0.5, 0.6) is 0 Å². The molecule has 2 atom stereocenters. The maximum Gasteiger partial charge on any atom is 0.175 e. The molecule has 1 aliphatic rings. The van der Waals surface area contributed by atoms with Crippen molar-refractivity contribution in [3.63, 3.8) is 0 Å². The Hall–Kier alpha value is -0.970. The number of hydrogen-bond donors (Lipinski definition) is 1. The van der Waals surface area contributed by atoms with Crippen molar-refractivity contribution >= 4 is 0 Å². The maximum atomic E-state index is 4.19. The van der Waals surface area contributed by atoms with Crippen LogP contribution >= 0.6 is 0 Å². The van der Waals surface area contributed by atoms with Gasteiger partial charge in [0, 0.05) is 18.5 Å². The second kappa shape index (κ2) is 4.26. The van der Waals surface area contributed by atoms with E-state index in [0.29, 0.717) is 12.0 Å². The lowest BCUT2D eigenvalue weighted by molar-refractivity contribution is 0.389. The molecule has 0 amide bonds. The summed E-state index contributed by atoms with van der Waals surface area (Å²) in [6.45, 7) is 4.47. The van der Waals surface area contributed by atoms with Gasteiger partial charge in [0.05, 0.1) is 7.05 Å². The summed E-state index contributed by atoms with van der Waals surface area (Å²) in [5.41, 5.74) is 0. The van der Waals surface area contributed by atoms with Crippen molar-refractivity contribution in [3.8, 4) is 0 Å². The summed E-state index contributed by atoms with van der Waals surface area (Å²) in [5, 5.41) is 15.6. The summed E-state index contributed by atoms with van der Waals surface area (Å²) in [6, 6.07) is 1.29. The predicted octanol–water partition coefficient (Wildman–Crippen LogP) is 0.529. The lowest BCUT2D eigenvalue weighted by atomic mass is 9.99. The van der Waals surface area contributed by atoms with Gasteiger partial charge in [-0.05, 0) is 30.9 Å². The van der Waals surface area contributed by atoms with Gasteiger partial charge in [0.1, 0.15) is 0 Å². The van der Waals surface area contributed by atoms with E-state index in [1.165, 1.54) is 17.6 Å². The fourth-order valence-corrected chi connectivity index (χ4v) is 1.66. The van der Waals surface area contributed by atoms with Crippen LogP contribution in [0, 0.1) is 5.92 Å². The Balaban J connectivity index is 1.82. The van der Waals surface area contributed by atoms with Gasteiger partial charge in [-0.15, -0.1) is 10.2 Å². The highest BCUT2D eigenvalue weighted by molar-refractivity contribution is 4.88. The van der Waals surface area contributed by atoms with Crippen LogP contribution in [-0.2, 0) is 13.5 Å². The largest absolute Gasteiger partial charge is 0.311 e. The molecule has 1 heterocycles. The highest BCUT2D eigenvalue weighted by atomic mass is 15.6. The molecule has 2 rings (SSSR count). The van der Waals surface area contributed by atoms with Gasteiger partial charge in [-0.2, -0.15) is 4.80 Å². The first-order valence-corrected chi connectivity index (χ1v) is 5.64. The van der Waals surface area contributed by atoms with E-state index in [0.717, 1.165) is 18.3 Å². The van der Waals surface area contributed by atoms with E-state index in [9.17, 15) is 0 Å². The first kappa shape index (κ1) is 10.5. The molecule has 5 heteroatoms. The van der Waals surface area contributed by atoms with Crippen molar-refractivity contribution < 1.29 is 0 Å². The van der Waals surface area contributed by atoms with E-state index >= 15 is 0 Å². The van der Waals surface area contributed by atoms with Crippen LogP contribution in [0.4, 0.5) is 0 Å². The SMILES string of the molecule is CC(Cc1nnn(C)n1)C(C)NC1CC1. The summed E-state index contributed by atoms with van der Waals surface area (Å²) < 4.78 is 0. The van der Waals surface area contributed by atoms with Crippen molar-refractivity contribution in [2.45, 2.75) is 45.2 Å². The number of tetrazole rings is 1. The molecular weight excluding hydrogens is 190 g/mol. The van der Waals surface area contributed by atoms with Gasteiger partial charge >= 0.3 is 0 Å². The fraction of sp³-hybridized carbons (Fsp3) is 0.900. The van der Waals surface area contributed by atoms with Gasteiger partial charge in [0.25, 0.3) is 0 Å². The molecule has 1 N–H and O–H groups in total. The van der Waals surface area contributed by atoms with Crippen LogP contribution in [0.25, 0.3) is 0 Å². The first-order chi connectivity index (χ1) is 7.15. The lowest BCUT2D eigenvalue weighted by Gasteiger charge is -2.19. The number of aromatic nitrogens is 4. The molecule has 0 radical (unpaired) electrons. The summed E-state index contributed by atoms with van der Waals surface area (Å²) >= 11 is 0. The van der Waals surface area contributed by atoms with Crippen LogP contribution in [0.3, 0.4) is 0 Å². The third kappa shape index (κ3) is 2.99. The zero-order chi connectivity index (χ0) is 10.8. The van der Waals surface area contributed by atoms with Crippen molar-refractivity contribution in [3.05, 3.63) is 5.82 Å². The first-order valence-electron chi connectivity index (χ1n) is 5.64. The average Bonchev–Trinajstić information content (AvgIpc) is 2.90. The summed E-state index contributed by atoms with van der Waals surface area (Å²) in [5.74, 6) is 1.39. The van der Waals surface area contributed by atoms with E-state index < -0.39 is 0 Å². The Labute approximate surface area is 90.2 Å². The van der Waals surface area contributed by atoms with Crippen molar-refractivity contribution in [1.29, 1.82) is 0 Å². The van der Waals surface area contributed by atoms with Gasteiger partial charge < -0.3 is 5.32 Å². The van der Waals surface area contributed by atoms with Gasteiger partial charge in [-0.3, -0.25) is 0 Å². The fourth-order valence-electron chi connectivity index (χ4n) is 1.66. The molecule has 1 aromatic heterocycles. The number of nitrogens with zero attached hydrogens (tertiary/aromatic N) is 4. The highest BCUT2D eigenvalue weighted by Crippen LogP contribution is 2.21. The molecule has 15 heavy (non-hydrogen) atoms. The topological polar surface area (TPSA) is 55.6 Å². The molecule has 1 saturated carbocycles. The highest BCUT2D eigenvalue weighted by Gasteiger charge is 2.25. The summed E-state index contributed by atoms with van der Waals surface area (Å²) in [4.78, 5) is 1.51. The second-order valence-corrected chi connectivity index (χ2v) is 4.61. The minimum absolute atomic E-state index is 0.529. The molecule has 5 nitrogen and oxygen atoms in total. The van der Waals surface area contributed by atoms with E-state index in [1.54, 1.807) is 7.05 Å². The Morgan fingerprint density at radius 3 is 2.73 bits per heavy atom. The summed E-state index contributed by atoms with van der Waals surface area (Å²) in [7, 11) is 1.80. The van der Waals surface area contributed by atoms with E-state index in [-0.39, 0.29) is 0 Å². The quantitative estimate of drug-likeness (QED) is 0.768. The molecule has 0 bridgehead atoms. The Bertz CT molecular complexity index is 317. The number of hydrogen-bond acceptors (Lipinski definition) is 4. The van der Waals surface area contributed by atoms with Crippen LogP contribution in [0.1, 0.15) is 32.5 Å². The van der Waals surface area contributed by atoms with Crippen molar-refractivity contribution in [1.82, 2.24) is 25.5 Å². The average molecular weight is 209 g/mol. The maximum absolute atomic E-state index is 4.19. The van der Waals surface area contributed by atoms with Gasteiger partial charge in [-0.1, -0.05) is 6.92 Å². The molecule has 1 aromatic rings. The van der Waals surface area contributed by atoms with Gasteiger partial charge in [0.2, 0.25) is 0 Å². The van der Waals surface area contributed by atoms with Crippen LogP contribution < -0.4 is 5.32 Å². The third-order valence-electron chi connectivity index (χ3n) is 2.98. The molecule has 0 aromatic carbocycles.